The van der Waals surface area contributed by atoms with E-state index >= 15 is 0 Å². The zero-order chi connectivity index (χ0) is 21.8. The maximum absolute atomic E-state index is 12.7. The average molecular weight is 437 g/mol. The van der Waals surface area contributed by atoms with E-state index in [0.29, 0.717) is 18.7 Å². The van der Waals surface area contributed by atoms with Crippen LogP contribution in [0.15, 0.2) is 47.6 Å². The highest BCUT2D eigenvalue weighted by Gasteiger charge is 2.26. The Labute approximate surface area is 187 Å². The minimum Gasteiger partial charge on any atom is -0.370 e. The van der Waals surface area contributed by atoms with E-state index in [1.54, 1.807) is 0 Å². The molecule has 2 aliphatic rings. The lowest BCUT2D eigenvalue weighted by atomic mass is 10.1. The molecule has 2 aliphatic heterocycles. The molecule has 2 heterocycles. The third-order valence-electron chi connectivity index (χ3n) is 5.65. The third-order valence-corrected chi connectivity index (χ3v) is 6.60. The quantitative estimate of drug-likeness (QED) is 0.777. The summed E-state index contributed by atoms with van der Waals surface area (Å²) in [5, 5.41) is 8.74. The maximum Gasteiger partial charge on any atom is 0.267 e. The maximum atomic E-state index is 12.7. The van der Waals surface area contributed by atoms with Crippen molar-refractivity contribution in [3.63, 3.8) is 0 Å². The predicted octanol–water partition coefficient (Wildman–Crippen LogP) is 3.66. The first kappa shape index (κ1) is 21.4. The van der Waals surface area contributed by atoms with Crippen LogP contribution < -0.4 is 15.2 Å². The van der Waals surface area contributed by atoms with Crippen molar-refractivity contribution in [3.05, 3.63) is 59.2 Å². The topological polar surface area (TPSA) is 65.0 Å². The van der Waals surface area contributed by atoms with Crippen LogP contribution in [0.5, 0.6) is 0 Å². The first-order chi connectivity index (χ1) is 15.0. The monoisotopic (exact) mass is 436 g/mol. The van der Waals surface area contributed by atoms with Crippen molar-refractivity contribution < 1.29 is 9.59 Å². The van der Waals surface area contributed by atoms with Gasteiger partial charge in [0.2, 0.25) is 5.91 Å². The van der Waals surface area contributed by atoms with Gasteiger partial charge in [0.15, 0.2) is 0 Å². The van der Waals surface area contributed by atoms with E-state index in [9.17, 15) is 9.59 Å². The van der Waals surface area contributed by atoms with Crippen LogP contribution in [0.1, 0.15) is 29.5 Å². The van der Waals surface area contributed by atoms with Crippen molar-refractivity contribution >= 4 is 40.7 Å². The molecule has 6 nitrogen and oxygen atoms in total. The fourth-order valence-corrected chi connectivity index (χ4v) is 4.69. The van der Waals surface area contributed by atoms with Crippen LogP contribution >= 0.6 is 11.8 Å². The molecular formula is C24H28N4O2S. The van der Waals surface area contributed by atoms with E-state index in [1.165, 1.54) is 22.2 Å². The molecule has 31 heavy (non-hydrogen) atoms. The van der Waals surface area contributed by atoms with Gasteiger partial charge in [0.1, 0.15) is 5.71 Å². The molecule has 0 aromatic heterocycles. The Hall–Kier alpha value is -2.80. The second-order valence-corrected chi connectivity index (χ2v) is 9.22. The summed E-state index contributed by atoms with van der Waals surface area (Å²) in [6, 6.07) is 14.3. The molecule has 7 heteroatoms. The molecule has 0 radical (unpaired) electrons. The van der Waals surface area contributed by atoms with Gasteiger partial charge in [0.05, 0.1) is 5.69 Å². The molecule has 0 saturated carbocycles. The summed E-state index contributed by atoms with van der Waals surface area (Å²) < 4.78 is 0. The molecule has 1 fully saturated rings. The van der Waals surface area contributed by atoms with Crippen molar-refractivity contribution in [2.75, 3.05) is 34.5 Å². The number of hydrogen-bond acceptors (Lipinski definition) is 5. The molecule has 1 N–H and O–H groups in total. The van der Waals surface area contributed by atoms with E-state index in [2.05, 4.69) is 39.6 Å². The molecule has 2 aromatic rings. The molecule has 1 saturated heterocycles. The van der Waals surface area contributed by atoms with Gasteiger partial charge in [-0.3, -0.25) is 9.59 Å². The molecule has 4 rings (SSSR count). The highest BCUT2D eigenvalue weighted by atomic mass is 32.2. The molecule has 0 spiro atoms. The molecule has 0 aliphatic carbocycles. The van der Waals surface area contributed by atoms with Gasteiger partial charge in [0.25, 0.3) is 5.91 Å². The first-order valence-corrected chi connectivity index (χ1v) is 11.8. The lowest BCUT2D eigenvalue weighted by molar-refractivity contribution is -0.119. The zero-order valence-electron chi connectivity index (χ0n) is 18.1. The van der Waals surface area contributed by atoms with Gasteiger partial charge in [-0.05, 0) is 48.7 Å². The minimum atomic E-state index is -0.222. The number of carbonyl (C=O) groups is 2. The SMILES string of the molecule is Cc1ccc(C)c(N2N=C(C(=O)NCc3ccc(N4CCSCC4)cc3)CCC2=O)c1. The Balaban J connectivity index is 1.41. The number of hydrogen-bond donors (Lipinski definition) is 1. The number of nitrogens with zero attached hydrogens (tertiary/aromatic N) is 3. The fourth-order valence-electron chi connectivity index (χ4n) is 3.78. The molecule has 162 valence electrons. The van der Waals surface area contributed by atoms with Gasteiger partial charge in [-0.25, -0.2) is 5.01 Å². The molecule has 2 amide bonds. The van der Waals surface area contributed by atoms with Crippen molar-refractivity contribution in [2.24, 2.45) is 5.10 Å². The Morgan fingerprint density at radius 3 is 2.55 bits per heavy atom. The summed E-state index contributed by atoms with van der Waals surface area (Å²) in [6.07, 6.45) is 0.639. The molecule has 2 aromatic carbocycles. The largest absolute Gasteiger partial charge is 0.370 e. The van der Waals surface area contributed by atoms with Crippen molar-refractivity contribution in [3.8, 4) is 0 Å². The third kappa shape index (κ3) is 5.10. The summed E-state index contributed by atoms with van der Waals surface area (Å²) in [4.78, 5) is 27.6. The Morgan fingerprint density at radius 1 is 1.06 bits per heavy atom. The molecule has 0 atom stereocenters. The van der Waals surface area contributed by atoms with E-state index in [1.807, 2.05) is 43.8 Å². The number of aryl methyl sites for hydroxylation is 2. The highest BCUT2D eigenvalue weighted by Crippen LogP contribution is 2.25. The van der Waals surface area contributed by atoms with E-state index in [-0.39, 0.29) is 18.2 Å². The number of rotatable bonds is 5. The molecular weight excluding hydrogens is 408 g/mol. The fraction of sp³-hybridized carbons (Fsp3) is 0.375. The normalized spacial score (nSPS) is 16.8. The van der Waals surface area contributed by atoms with Gasteiger partial charge < -0.3 is 10.2 Å². The van der Waals surface area contributed by atoms with Crippen molar-refractivity contribution in [2.45, 2.75) is 33.2 Å². The Morgan fingerprint density at radius 2 is 1.81 bits per heavy atom. The highest BCUT2D eigenvalue weighted by molar-refractivity contribution is 7.99. The smallest absolute Gasteiger partial charge is 0.267 e. The number of carbonyl (C=O) groups excluding carboxylic acids is 2. The van der Waals surface area contributed by atoms with Crippen molar-refractivity contribution in [1.29, 1.82) is 0 Å². The summed E-state index contributed by atoms with van der Waals surface area (Å²) in [6.45, 7) is 6.51. The van der Waals surface area contributed by atoms with Crippen LogP contribution in [-0.2, 0) is 16.1 Å². The predicted molar refractivity (Wildman–Crippen MR) is 128 cm³/mol. The summed E-state index contributed by atoms with van der Waals surface area (Å²) in [7, 11) is 0. The lowest BCUT2D eigenvalue weighted by Gasteiger charge is -2.28. The molecule has 0 unspecified atom stereocenters. The number of hydrazone groups is 1. The van der Waals surface area contributed by atoms with Crippen LogP contribution in [-0.4, -0.2) is 42.1 Å². The number of nitrogens with one attached hydrogen (secondary N) is 1. The van der Waals surface area contributed by atoms with Crippen molar-refractivity contribution in [1.82, 2.24) is 5.32 Å². The number of thioether (sulfide) groups is 1. The van der Waals surface area contributed by atoms with E-state index in [0.717, 1.165) is 35.5 Å². The second kappa shape index (κ2) is 9.56. The van der Waals surface area contributed by atoms with Gasteiger partial charge >= 0.3 is 0 Å². The minimum absolute atomic E-state index is 0.0862. The van der Waals surface area contributed by atoms with Crippen LogP contribution in [0.25, 0.3) is 0 Å². The summed E-state index contributed by atoms with van der Waals surface area (Å²) in [5.74, 6) is 2.03. The van der Waals surface area contributed by atoms with Gasteiger partial charge in [0, 0.05) is 49.7 Å². The van der Waals surface area contributed by atoms with E-state index < -0.39 is 0 Å². The van der Waals surface area contributed by atoms with Crippen LogP contribution in [0.4, 0.5) is 11.4 Å². The zero-order valence-corrected chi connectivity index (χ0v) is 18.9. The average Bonchev–Trinajstić information content (AvgIpc) is 2.80. The standard InChI is InChI=1S/C24H28N4O2S/c1-17-3-4-18(2)22(15-17)28-23(29)10-9-21(26-28)24(30)25-16-19-5-7-20(8-6-19)27-11-13-31-14-12-27/h3-8,15H,9-14,16H2,1-2H3,(H,25,30). The lowest BCUT2D eigenvalue weighted by Crippen LogP contribution is -2.39. The Bertz CT molecular complexity index is 997. The summed E-state index contributed by atoms with van der Waals surface area (Å²) in [5.41, 5.74) is 5.41. The summed E-state index contributed by atoms with van der Waals surface area (Å²) >= 11 is 2.00. The Kier molecular flexibility index (Phi) is 6.61. The first-order valence-electron chi connectivity index (χ1n) is 10.7. The van der Waals surface area contributed by atoms with Crippen LogP contribution in [0.3, 0.4) is 0 Å². The van der Waals surface area contributed by atoms with Gasteiger partial charge in [-0.15, -0.1) is 0 Å². The van der Waals surface area contributed by atoms with Crippen LogP contribution in [0.2, 0.25) is 0 Å². The molecule has 0 bridgehead atoms. The van der Waals surface area contributed by atoms with Crippen LogP contribution in [0, 0.1) is 13.8 Å². The second-order valence-electron chi connectivity index (χ2n) is 7.99. The van der Waals surface area contributed by atoms with Gasteiger partial charge in [-0.2, -0.15) is 16.9 Å². The van der Waals surface area contributed by atoms with Gasteiger partial charge in [-0.1, -0.05) is 24.3 Å². The van der Waals surface area contributed by atoms with E-state index in [4.69, 9.17) is 0 Å². The number of anilines is 2. The number of benzene rings is 2. The number of amides is 2.